The van der Waals surface area contributed by atoms with Gasteiger partial charge in [0.05, 0.1) is 6.10 Å². The van der Waals surface area contributed by atoms with Crippen LogP contribution in [0.5, 0.6) is 0 Å². The van der Waals surface area contributed by atoms with Crippen molar-refractivity contribution in [1.82, 2.24) is 0 Å². The average Bonchev–Trinajstić information content (AvgIpc) is 2.36. The lowest BCUT2D eigenvalue weighted by atomic mass is 9.80. The maximum absolute atomic E-state index is 13.4. The molecule has 0 aromatic heterocycles. The summed E-state index contributed by atoms with van der Waals surface area (Å²) < 4.78 is 13.4. The Morgan fingerprint density at radius 1 is 1.35 bits per heavy atom. The highest BCUT2D eigenvalue weighted by molar-refractivity contribution is 6.31. The van der Waals surface area contributed by atoms with Gasteiger partial charge in [-0.2, -0.15) is 0 Å². The first-order valence-electron chi connectivity index (χ1n) is 6.64. The molecule has 0 saturated carbocycles. The van der Waals surface area contributed by atoms with Gasteiger partial charge in [0, 0.05) is 17.0 Å². The molecule has 0 amide bonds. The summed E-state index contributed by atoms with van der Waals surface area (Å²) in [6.07, 6.45) is 4.70. The zero-order valence-corrected chi connectivity index (χ0v) is 12.3. The molecule has 2 rings (SSSR count). The van der Waals surface area contributed by atoms with Crippen LogP contribution in [0.15, 0.2) is 41.5 Å². The predicted molar refractivity (Wildman–Crippen MR) is 79.8 cm³/mol. The largest absolute Gasteiger partial charge is 0.387 e. The van der Waals surface area contributed by atoms with Crippen molar-refractivity contribution in [2.45, 2.75) is 26.0 Å². The summed E-state index contributed by atoms with van der Waals surface area (Å²) in [4.78, 5) is 0. The summed E-state index contributed by atoms with van der Waals surface area (Å²) in [5.74, 6) is -0.260. The molecule has 0 radical (unpaired) electrons. The Balaban J connectivity index is 2.20. The van der Waals surface area contributed by atoms with Crippen molar-refractivity contribution in [2.75, 3.05) is 0 Å². The first-order valence-corrected chi connectivity index (χ1v) is 7.02. The minimum Gasteiger partial charge on any atom is -0.387 e. The van der Waals surface area contributed by atoms with Crippen LogP contribution in [0.3, 0.4) is 0 Å². The minimum absolute atomic E-state index is 0.0314. The highest BCUT2D eigenvalue weighted by Gasteiger charge is 2.29. The topological polar surface area (TPSA) is 46.2 Å². The zero-order chi connectivity index (χ0) is 14.9. The van der Waals surface area contributed by atoms with E-state index in [9.17, 15) is 9.50 Å². The van der Waals surface area contributed by atoms with Crippen molar-refractivity contribution in [3.05, 3.63) is 58.4 Å². The van der Waals surface area contributed by atoms with E-state index in [-0.39, 0.29) is 17.7 Å². The van der Waals surface area contributed by atoms with Gasteiger partial charge in [-0.05, 0) is 42.2 Å². The smallest absolute Gasteiger partial charge is 0.123 e. The summed E-state index contributed by atoms with van der Waals surface area (Å²) in [6.45, 7) is 3.79. The number of hydrogen-bond acceptors (Lipinski definition) is 2. The van der Waals surface area contributed by atoms with Gasteiger partial charge >= 0.3 is 0 Å². The van der Waals surface area contributed by atoms with Crippen molar-refractivity contribution in [3.8, 4) is 0 Å². The first-order chi connectivity index (χ1) is 9.38. The van der Waals surface area contributed by atoms with E-state index < -0.39 is 12.1 Å². The maximum Gasteiger partial charge on any atom is 0.123 e. The Labute approximate surface area is 123 Å². The lowest BCUT2D eigenvalue weighted by Gasteiger charge is -2.31. The molecule has 0 spiro atoms. The van der Waals surface area contributed by atoms with Gasteiger partial charge in [-0.25, -0.2) is 4.39 Å². The quantitative estimate of drug-likeness (QED) is 0.897. The Morgan fingerprint density at radius 2 is 2.05 bits per heavy atom. The van der Waals surface area contributed by atoms with Crippen LogP contribution in [0.4, 0.5) is 4.39 Å². The predicted octanol–water partition coefficient (Wildman–Crippen LogP) is 3.44. The van der Waals surface area contributed by atoms with E-state index in [1.165, 1.54) is 12.1 Å². The normalized spacial score (nSPS) is 25.2. The molecule has 108 valence electrons. The second-order valence-corrected chi connectivity index (χ2v) is 5.87. The van der Waals surface area contributed by atoms with Crippen LogP contribution in [0.2, 0.25) is 0 Å². The summed E-state index contributed by atoms with van der Waals surface area (Å²) in [6, 6.07) is 4.00. The van der Waals surface area contributed by atoms with E-state index in [0.29, 0.717) is 10.6 Å². The third-order valence-electron chi connectivity index (χ3n) is 3.72. The molecule has 1 aliphatic rings. The summed E-state index contributed by atoms with van der Waals surface area (Å²) in [5.41, 5.74) is 7.44. The SMILES string of the molecule is Cc1cc(F)cc(C(O)C(N)C2C=CC(Cl)=CC2C)c1. The number of benzene rings is 1. The first kappa shape index (κ1) is 15.2. The fourth-order valence-electron chi connectivity index (χ4n) is 2.64. The molecule has 0 heterocycles. The van der Waals surface area contributed by atoms with E-state index in [1.807, 2.05) is 19.1 Å². The van der Waals surface area contributed by atoms with Gasteiger partial charge in [-0.1, -0.05) is 36.7 Å². The number of rotatable bonds is 3. The van der Waals surface area contributed by atoms with Crippen LogP contribution in [0, 0.1) is 24.6 Å². The molecule has 1 aromatic rings. The van der Waals surface area contributed by atoms with Gasteiger partial charge in [0.2, 0.25) is 0 Å². The lowest BCUT2D eigenvalue weighted by Crippen LogP contribution is -2.38. The number of halogens is 2. The van der Waals surface area contributed by atoms with E-state index >= 15 is 0 Å². The van der Waals surface area contributed by atoms with Crippen LogP contribution >= 0.6 is 11.6 Å². The molecule has 1 aliphatic carbocycles. The second kappa shape index (κ2) is 6.08. The van der Waals surface area contributed by atoms with Gasteiger partial charge in [-0.15, -0.1) is 0 Å². The Morgan fingerprint density at radius 3 is 2.65 bits per heavy atom. The molecule has 4 heteroatoms. The van der Waals surface area contributed by atoms with Crippen molar-refractivity contribution in [3.63, 3.8) is 0 Å². The zero-order valence-electron chi connectivity index (χ0n) is 11.6. The average molecular weight is 296 g/mol. The third-order valence-corrected chi connectivity index (χ3v) is 3.97. The van der Waals surface area contributed by atoms with E-state index in [4.69, 9.17) is 17.3 Å². The van der Waals surface area contributed by atoms with Crippen LogP contribution < -0.4 is 5.73 Å². The number of hydrogen-bond donors (Lipinski definition) is 2. The van der Waals surface area contributed by atoms with Crippen molar-refractivity contribution in [1.29, 1.82) is 0 Å². The van der Waals surface area contributed by atoms with Gasteiger partial charge in [-0.3, -0.25) is 0 Å². The Kier molecular flexibility index (Phi) is 4.63. The van der Waals surface area contributed by atoms with E-state index in [2.05, 4.69) is 0 Å². The maximum atomic E-state index is 13.4. The van der Waals surface area contributed by atoms with Gasteiger partial charge in [0.1, 0.15) is 5.82 Å². The summed E-state index contributed by atoms with van der Waals surface area (Å²) in [7, 11) is 0. The van der Waals surface area contributed by atoms with Crippen LogP contribution in [-0.4, -0.2) is 11.1 Å². The van der Waals surface area contributed by atoms with Gasteiger partial charge in [0.15, 0.2) is 0 Å². The van der Waals surface area contributed by atoms with Crippen LogP contribution in [-0.2, 0) is 0 Å². The molecule has 4 atom stereocenters. The van der Waals surface area contributed by atoms with Crippen LogP contribution in [0.25, 0.3) is 0 Å². The van der Waals surface area contributed by atoms with Gasteiger partial charge in [0.25, 0.3) is 0 Å². The number of aliphatic hydroxyl groups excluding tert-OH is 1. The molecule has 0 saturated heterocycles. The van der Waals surface area contributed by atoms with Crippen LogP contribution in [0.1, 0.15) is 24.2 Å². The molecule has 1 aromatic carbocycles. The molecule has 3 N–H and O–H groups in total. The van der Waals surface area contributed by atoms with E-state index in [0.717, 1.165) is 5.56 Å². The second-order valence-electron chi connectivity index (χ2n) is 5.43. The highest BCUT2D eigenvalue weighted by atomic mass is 35.5. The highest BCUT2D eigenvalue weighted by Crippen LogP contribution is 2.31. The molecule has 2 nitrogen and oxygen atoms in total. The molecule has 0 aliphatic heterocycles. The molecule has 20 heavy (non-hydrogen) atoms. The number of aryl methyl sites for hydroxylation is 1. The Hall–Kier alpha value is -1.16. The molecule has 0 fully saturated rings. The van der Waals surface area contributed by atoms with Crippen molar-refractivity contribution in [2.24, 2.45) is 17.6 Å². The van der Waals surface area contributed by atoms with Crippen molar-refractivity contribution >= 4 is 11.6 Å². The third kappa shape index (κ3) is 3.29. The minimum atomic E-state index is -0.910. The fourth-order valence-corrected chi connectivity index (χ4v) is 2.91. The lowest BCUT2D eigenvalue weighted by molar-refractivity contribution is 0.119. The molecule has 4 unspecified atom stereocenters. The fraction of sp³-hybridized carbons (Fsp3) is 0.375. The van der Waals surface area contributed by atoms with Gasteiger partial charge < -0.3 is 10.8 Å². The monoisotopic (exact) mass is 295 g/mol. The van der Waals surface area contributed by atoms with E-state index in [1.54, 1.807) is 19.1 Å². The summed E-state index contributed by atoms with van der Waals surface area (Å²) >= 11 is 5.94. The number of aliphatic hydroxyl groups is 1. The van der Waals surface area contributed by atoms with Crippen molar-refractivity contribution < 1.29 is 9.50 Å². The Bertz CT molecular complexity index is 535. The molecular formula is C16H19ClFNO. The summed E-state index contributed by atoms with van der Waals surface area (Å²) in [5, 5.41) is 11.1. The number of nitrogens with two attached hydrogens (primary N) is 1. The molecule has 0 bridgehead atoms. The standard InChI is InChI=1S/C16H19ClFNO/c1-9-5-11(8-13(18)6-9)16(20)15(19)14-4-3-12(17)7-10(14)2/h3-8,10,14-16,20H,19H2,1-2H3. The number of allylic oxidation sites excluding steroid dienone is 3. The molecular weight excluding hydrogens is 277 g/mol.